The Labute approximate surface area is 120 Å². The van der Waals surface area contributed by atoms with E-state index >= 15 is 0 Å². The van der Waals surface area contributed by atoms with Crippen LogP contribution in [0, 0.1) is 0 Å². The van der Waals surface area contributed by atoms with Gasteiger partial charge < -0.3 is 4.90 Å². The van der Waals surface area contributed by atoms with Gasteiger partial charge in [-0.3, -0.25) is 14.4 Å². The molecule has 5 nitrogen and oxygen atoms in total. The number of hydrogen-bond donors (Lipinski definition) is 0. The van der Waals surface area contributed by atoms with Crippen molar-refractivity contribution in [1.29, 1.82) is 0 Å². The first-order chi connectivity index (χ1) is 9.79. The van der Waals surface area contributed by atoms with Crippen LogP contribution in [0.2, 0.25) is 0 Å². The maximum atomic E-state index is 12.5. The van der Waals surface area contributed by atoms with Gasteiger partial charge in [0.05, 0.1) is 0 Å². The van der Waals surface area contributed by atoms with Gasteiger partial charge in [0.15, 0.2) is 0 Å². The van der Waals surface area contributed by atoms with Crippen molar-refractivity contribution >= 4 is 5.91 Å². The molecule has 2 aliphatic rings. The smallest absolute Gasteiger partial charge is 0.244 e. The van der Waals surface area contributed by atoms with Crippen molar-refractivity contribution in [2.75, 3.05) is 19.6 Å². The van der Waals surface area contributed by atoms with E-state index in [2.05, 4.69) is 21.8 Å². The van der Waals surface area contributed by atoms with Crippen LogP contribution in [-0.2, 0) is 11.3 Å². The minimum absolute atomic E-state index is 0.221. The van der Waals surface area contributed by atoms with Crippen molar-refractivity contribution < 1.29 is 4.79 Å². The summed E-state index contributed by atoms with van der Waals surface area (Å²) in [7, 11) is 0. The van der Waals surface area contributed by atoms with Gasteiger partial charge in [-0.1, -0.05) is 6.92 Å². The van der Waals surface area contributed by atoms with Crippen LogP contribution >= 0.6 is 0 Å². The molecule has 3 rings (SSSR count). The molecule has 5 heteroatoms. The summed E-state index contributed by atoms with van der Waals surface area (Å²) in [5.41, 5.74) is 0. The predicted octanol–water partition coefficient (Wildman–Crippen LogP) is 1.36. The molecule has 0 bridgehead atoms. The highest BCUT2D eigenvalue weighted by atomic mass is 16.2. The molecule has 2 aliphatic heterocycles. The van der Waals surface area contributed by atoms with E-state index in [0.29, 0.717) is 18.6 Å². The Morgan fingerprint density at radius 1 is 1.25 bits per heavy atom. The fraction of sp³-hybridized carbons (Fsp3) is 0.733. The molecule has 0 unspecified atom stereocenters. The Morgan fingerprint density at radius 3 is 2.80 bits per heavy atom. The second-order valence-corrected chi connectivity index (χ2v) is 5.84. The third-order valence-corrected chi connectivity index (χ3v) is 4.74. The van der Waals surface area contributed by atoms with Gasteiger partial charge in [-0.2, -0.15) is 5.10 Å². The summed E-state index contributed by atoms with van der Waals surface area (Å²) < 4.78 is 1.73. The summed E-state index contributed by atoms with van der Waals surface area (Å²) in [5, 5.41) is 4.14. The Morgan fingerprint density at radius 2 is 2.05 bits per heavy atom. The standard InChI is InChI=1S/C15H24N4O/c1-2-17-9-3-6-13(17)14-7-4-11-19(14)15(20)12-18-10-5-8-16-18/h5,8,10,13-14H,2-4,6-7,9,11-12H2,1H3/t13-,14+/m0/s1. The molecule has 0 N–H and O–H groups in total. The lowest BCUT2D eigenvalue weighted by atomic mass is 10.0. The highest BCUT2D eigenvalue weighted by molar-refractivity contribution is 5.76. The number of carbonyl (C=O) groups is 1. The number of nitrogens with zero attached hydrogens (tertiary/aromatic N) is 4. The third-order valence-electron chi connectivity index (χ3n) is 4.74. The molecule has 2 saturated heterocycles. The molecule has 0 spiro atoms. The molecule has 20 heavy (non-hydrogen) atoms. The van der Waals surface area contributed by atoms with Crippen LogP contribution < -0.4 is 0 Å². The number of likely N-dealkylation sites (tertiary alicyclic amines) is 2. The van der Waals surface area contributed by atoms with Crippen molar-refractivity contribution in [2.45, 2.75) is 51.2 Å². The lowest BCUT2D eigenvalue weighted by molar-refractivity contribution is -0.133. The summed E-state index contributed by atoms with van der Waals surface area (Å²) >= 11 is 0. The van der Waals surface area contributed by atoms with Gasteiger partial charge in [-0.25, -0.2) is 0 Å². The maximum absolute atomic E-state index is 12.5. The summed E-state index contributed by atoms with van der Waals surface area (Å²) in [6.07, 6.45) is 8.40. The van der Waals surface area contributed by atoms with Gasteiger partial charge in [-0.05, 0) is 44.8 Å². The minimum Gasteiger partial charge on any atom is -0.337 e. The van der Waals surface area contributed by atoms with E-state index in [4.69, 9.17) is 0 Å². The molecule has 0 saturated carbocycles. The summed E-state index contributed by atoms with van der Waals surface area (Å²) in [6.45, 7) is 5.81. The molecule has 1 aromatic heterocycles. The number of amides is 1. The van der Waals surface area contributed by atoms with E-state index in [0.717, 1.165) is 25.9 Å². The fourth-order valence-corrected chi connectivity index (χ4v) is 3.81. The molecule has 2 atom stereocenters. The second-order valence-electron chi connectivity index (χ2n) is 5.84. The van der Waals surface area contributed by atoms with Crippen LogP contribution in [0.1, 0.15) is 32.6 Å². The van der Waals surface area contributed by atoms with Crippen LogP contribution in [0.15, 0.2) is 18.5 Å². The third kappa shape index (κ3) is 2.59. The lowest BCUT2D eigenvalue weighted by Crippen LogP contribution is -2.49. The van der Waals surface area contributed by atoms with Crippen molar-refractivity contribution in [3.8, 4) is 0 Å². The number of rotatable bonds is 4. The van der Waals surface area contributed by atoms with E-state index in [1.165, 1.54) is 19.4 Å². The Kier molecular flexibility index (Phi) is 4.05. The first-order valence-electron chi connectivity index (χ1n) is 7.80. The predicted molar refractivity (Wildman–Crippen MR) is 77.2 cm³/mol. The van der Waals surface area contributed by atoms with Gasteiger partial charge >= 0.3 is 0 Å². The molecule has 3 heterocycles. The van der Waals surface area contributed by atoms with Gasteiger partial charge in [0.2, 0.25) is 5.91 Å². The van der Waals surface area contributed by atoms with Crippen LogP contribution in [0.5, 0.6) is 0 Å². The molecule has 0 aliphatic carbocycles. The number of carbonyl (C=O) groups excluding carboxylic acids is 1. The Hall–Kier alpha value is -1.36. The number of aromatic nitrogens is 2. The van der Waals surface area contributed by atoms with Crippen molar-refractivity contribution in [1.82, 2.24) is 19.6 Å². The zero-order chi connectivity index (χ0) is 13.9. The Balaban J connectivity index is 1.67. The molecular formula is C15H24N4O. The zero-order valence-corrected chi connectivity index (χ0v) is 12.2. The highest BCUT2D eigenvalue weighted by Crippen LogP contribution is 2.29. The average Bonchev–Trinajstić information content (AvgIpc) is 3.18. The van der Waals surface area contributed by atoms with Gasteiger partial charge in [0.1, 0.15) is 6.54 Å². The van der Waals surface area contributed by atoms with Crippen molar-refractivity contribution in [2.24, 2.45) is 0 Å². The van der Waals surface area contributed by atoms with Crippen molar-refractivity contribution in [3.63, 3.8) is 0 Å². The van der Waals surface area contributed by atoms with Gasteiger partial charge in [0.25, 0.3) is 0 Å². The molecular weight excluding hydrogens is 252 g/mol. The van der Waals surface area contributed by atoms with E-state index in [1.54, 1.807) is 10.9 Å². The van der Waals surface area contributed by atoms with E-state index < -0.39 is 0 Å². The first-order valence-corrected chi connectivity index (χ1v) is 7.80. The molecule has 1 aromatic rings. The summed E-state index contributed by atoms with van der Waals surface area (Å²) in [6, 6.07) is 2.86. The maximum Gasteiger partial charge on any atom is 0.244 e. The average molecular weight is 276 g/mol. The number of likely N-dealkylation sites (N-methyl/N-ethyl adjacent to an activating group) is 1. The number of hydrogen-bond acceptors (Lipinski definition) is 3. The normalized spacial score (nSPS) is 27.4. The monoisotopic (exact) mass is 276 g/mol. The molecule has 0 radical (unpaired) electrons. The molecule has 2 fully saturated rings. The highest BCUT2D eigenvalue weighted by Gasteiger charge is 2.38. The van der Waals surface area contributed by atoms with Crippen LogP contribution in [0.4, 0.5) is 0 Å². The topological polar surface area (TPSA) is 41.4 Å². The molecule has 1 amide bonds. The fourth-order valence-electron chi connectivity index (χ4n) is 3.81. The lowest BCUT2D eigenvalue weighted by Gasteiger charge is -2.34. The van der Waals surface area contributed by atoms with E-state index in [1.807, 2.05) is 12.3 Å². The minimum atomic E-state index is 0.221. The van der Waals surface area contributed by atoms with Crippen LogP contribution in [-0.4, -0.2) is 57.2 Å². The molecule has 0 aromatic carbocycles. The van der Waals surface area contributed by atoms with E-state index in [-0.39, 0.29) is 5.91 Å². The largest absolute Gasteiger partial charge is 0.337 e. The second kappa shape index (κ2) is 5.95. The Bertz CT molecular complexity index is 445. The quantitative estimate of drug-likeness (QED) is 0.834. The zero-order valence-electron chi connectivity index (χ0n) is 12.2. The van der Waals surface area contributed by atoms with Crippen LogP contribution in [0.3, 0.4) is 0 Å². The van der Waals surface area contributed by atoms with Crippen molar-refractivity contribution in [3.05, 3.63) is 18.5 Å². The summed E-state index contributed by atoms with van der Waals surface area (Å²) in [4.78, 5) is 17.2. The van der Waals surface area contributed by atoms with Gasteiger partial charge in [0, 0.05) is 31.0 Å². The first kappa shape index (κ1) is 13.6. The van der Waals surface area contributed by atoms with Crippen LogP contribution in [0.25, 0.3) is 0 Å². The SMILES string of the molecule is CCN1CCC[C@H]1[C@H]1CCCN1C(=O)Cn1cccn1. The van der Waals surface area contributed by atoms with Gasteiger partial charge in [-0.15, -0.1) is 0 Å². The summed E-state index contributed by atoms with van der Waals surface area (Å²) in [5.74, 6) is 0.221. The molecule has 110 valence electrons. The van der Waals surface area contributed by atoms with E-state index in [9.17, 15) is 4.79 Å².